The van der Waals surface area contributed by atoms with E-state index < -0.39 is 12.0 Å². The number of carboxylic acid groups (broad SMARTS) is 1. The lowest BCUT2D eigenvalue weighted by Gasteiger charge is -2.26. The highest BCUT2D eigenvalue weighted by atomic mass is 32.2. The summed E-state index contributed by atoms with van der Waals surface area (Å²) in [5.74, 6) is -0.631. The molecule has 0 spiro atoms. The second kappa shape index (κ2) is 5.44. The van der Waals surface area contributed by atoms with Crippen LogP contribution in [0, 0.1) is 0 Å². The summed E-state index contributed by atoms with van der Waals surface area (Å²) >= 11 is 1.53. The lowest BCUT2D eigenvalue weighted by Crippen LogP contribution is -2.45. The molecule has 1 aromatic rings. The van der Waals surface area contributed by atoms with E-state index in [1.807, 2.05) is 30.3 Å². The Balaban J connectivity index is 2.13. The number of carbonyl (C=O) groups is 2. The van der Waals surface area contributed by atoms with Crippen LogP contribution in [-0.2, 0) is 16.0 Å². The van der Waals surface area contributed by atoms with E-state index in [0.29, 0.717) is 12.2 Å². The number of carboxylic acids is 1. The van der Waals surface area contributed by atoms with Gasteiger partial charge in [0, 0.05) is 19.1 Å². The van der Waals surface area contributed by atoms with Crippen molar-refractivity contribution in [2.75, 3.05) is 5.75 Å². The lowest BCUT2D eigenvalue weighted by atomic mass is 10.1. The SMILES string of the molecule is CC(=O)N1C(Cc2ccccc2)SCC1C(=O)O. The van der Waals surface area contributed by atoms with Crippen LogP contribution in [0.4, 0.5) is 0 Å². The molecule has 1 heterocycles. The lowest BCUT2D eigenvalue weighted by molar-refractivity contribution is -0.148. The van der Waals surface area contributed by atoms with Gasteiger partial charge in [0.25, 0.3) is 0 Å². The van der Waals surface area contributed by atoms with Gasteiger partial charge >= 0.3 is 5.97 Å². The fourth-order valence-electron chi connectivity index (χ4n) is 2.15. The van der Waals surface area contributed by atoms with Crippen LogP contribution in [0.1, 0.15) is 12.5 Å². The number of aliphatic carboxylic acids is 1. The summed E-state index contributed by atoms with van der Waals surface area (Å²) in [6.45, 7) is 1.43. The first-order valence-corrected chi connectivity index (χ1v) is 6.81. The van der Waals surface area contributed by atoms with Crippen LogP contribution < -0.4 is 0 Å². The Kier molecular flexibility index (Phi) is 3.91. The van der Waals surface area contributed by atoms with Crippen LogP contribution in [0.2, 0.25) is 0 Å². The first-order chi connectivity index (χ1) is 8.59. The van der Waals surface area contributed by atoms with Crippen molar-refractivity contribution in [2.45, 2.75) is 24.8 Å². The zero-order valence-electron chi connectivity index (χ0n) is 10.1. The third-order valence-electron chi connectivity index (χ3n) is 2.99. The van der Waals surface area contributed by atoms with Gasteiger partial charge in [-0.2, -0.15) is 0 Å². The molecule has 2 atom stereocenters. The minimum Gasteiger partial charge on any atom is -0.480 e. The predicted molar refractivity (Wildman–Crippen MR) is 70.3 cm³/mol. The number of carbonyl (C=O) groups excluding carboxylic acids is 1. The average molecular weight is 265 g/mol. The van der Waals surface area contributed by atoms with Gasteiger partial charge in [0.15, 0.2) is 0 Å². The molecule has 0 radical (unpaired) electrons. The van der Waals surface area contributed by atoms with Gasteiger partial charge in [-0.25, -0.2) is 4.79 Å². The van der Waals surface area contributed by atoms with Gasteiger partial charge in [0.1, 0.15) is 6.04 Å². The summed E-state index contributed by atoms with van der Waals surface area (Å²) in [5, 5.41) is 9.03. The molecule has 1 aromatic carbocycles. The van der Waals surface area contributed by atoms with Crippen LogP contribution in [0.25, 0.3) is 0 Å². The quantitative estimate of drug-likeness (QED) is 0.902. The number of thioether (sulfide) groups is 1. The molecule has 0 saturated carbocycles. The fourth-order valence-corrected chi connectivity index (χ4v) is 3.62. The van der Waals surface area contributed by atoms with E-state index in [2.05, 4.69) is 0 Å². The molecule has 2 unspecified atom stereocenters. The second-order valence-electron chi connectivity index (χ2n) is 4.26. The minimum atomic E-state index is -0.923. The summed E-state index contributed by atoms with van der Waals surface area (Å²) < 4.78 is 0. The molecule has 1 aliphatic rings. The first-order valence-electron chi connectivity index (χ1n) is 5.77. The summed E-state index contributed by atoms with van der Waals surface area (Å²) in [4.78, 5) is 24.2. The number of hydrogen-bond acceptors (Lipinski definition) is 3. The van der Waals surface area contributed by atoms with Crippen LogP contribution >= 0.6 is 11.8 Å². The topological polar surface area (TPSA) is 57.6 Å². The number of amides is 1. The highest BCUT2D eigenvalue weighted by Crippen LogP contribution is 2.31. The highest BCUT2D eigenvalue weighted by molar-refractivity contribution is 8.00. The predicted octanol–water partition coefficient (Wildman–Crippen LogP) is 1.60. The molecule has 0 bridgehead atoms. The molecule has 5 heteroatoms. The maximum Gasteiger partial charge on any atom is 0.327 e. The molecule has 1 fully saturated rings. The van der Waals surface area contributed by atoms with Crippen molar-refractivity contribution in [1.82, 2.24) is 4.90 Å². The van der Waals surface area contributed by atoms with Crippen LogP contribution in [0.15, 0.2) is 30.3 Å². The van der Waals surface area contributed by atoms with Gasteiger partial charge in [-0.3, -0.25) is 4.79 Å². The Morgan fingerprint density at radius 1 is 1.39 bits per heavy atom. The monoisotopic (exact) mass is 265 g/mol. The molecule has 0 aromatic heterocycles. The van der Waals surface area contributed by atoms with Gasteiger partial charge in [-0.15, -0.1) is 11.8 Å². The molecule has 4 nitrogen and oxygen atoms in total. The molecule has 1 aliphatic heterocycles. The van der Waals surface area contributed by atoms with Crippen molar-refractivity contribution in [3.63, 3.8) is 0 Å². The fraction of sp³-hybridized carbons (Fsp3) is 0.385. The third kappa shape index (κ3) is 2.67. The Morgan fingerprint density at radius 2 is 2.06 bits per heavy atom. The van der Waals surface area contributed by atoms with E-state index in [4.69, 9.17) is 5.11 Å². The van der Waals surface area contributed by atoms with Crippen molar-refractivity contribution in [3.05, 3.63) is 35.9 Å². The van der Waals surface area contributed by atoms with Crippen LogP contribution in [-0.4, -0.2) is 39.1 Å². The molecular weight excluding hydrogens is 250 g/mol. The molecule has 0 aliphatic carbocycles. The third-order valence-corrected chi connectivity index (χ3v) is 4.28. The van der Waals surface area contributed by atoms with Crippen molar-refractivity contribution in [3.8, 4) is 0 Å². The van der Waals surface area contributed by atoms with Gasteiger partial charge in [-0.1, -0.05) is 30.3 Å². The molecule has 1 saturated heterocycles. The summed E-state index contributed by atoms with van der Waals surface area (Å²) in [6, 6.07) is 9.12. The van der Waals surface area contributed by atoms with Gasteiger partial charge in [0.2, 0.25) is 5.91 Å². The molecular formula is C13H15NO3S. The minimum absolute atomic E-state index is 0.0778. The van der Waals surface area contributed by atoms with E-state index in [0.717, 1.165) is 5.56 Å². The maximum atomic E-state index is 11.6. The van der Waals surface area contributed by atoms with Crippen LogP contribution in [0.5, 0.6) is 0 Å². The van der Waals surface area contributed by atoms with E-state index in [1.165, 1.54) is 23.6 Å². The number of nitrogens with zero attached hydrogens (tertiary/aromatic N) is 1. The van der Waals surface area contributed by atoms with Crippen molar-refractivity contribution < 1.29 is 14.7 Å². The Hall–Kier alpha value is -1.49. The zero-order valence-corrected chi connectivity index (χ0v) is 10.9. The van der Waals surface area contributed by atoms with Gasteiger partial charge in [-0.05, 0) is 5.56 Å². The number of hydrogen-bond donors (Lipinski definition) is 1. The standard InChI is InChI=1S/C13H15NO3S/c1-9(15)14-11(13(16)17)8-18-12(14)7-10-5-3-2-4-6-10/h2-6,11-12H,7-8H2,1H3,(H,16,17). The molecule has 18 heavy (non-hydrogen) atoms. The Labute approximate surface area is 110 Å². The largest absolute Gasteiger partial charge is 0.480 e. The summed E-state index contributed by atoms with van der Waals surface area (Å²) in [7, 11) is 0. The zero-order chi connectivity index (χ0) is 13.1. The van der Waals surface area contributed by atoms with Gasteiger partial charge < -0.3 is 10.0 Å². The second-order valence-corrected chi connectivity index (χ2v) is 5.47. The molecule has 1 amide bonds. The van der Waals surface area contributed by atoms with E-state index in [9.17, 15) is 9.59 Å². The number of rotatable bonds is 3. The van der Waals surface area contributed by atoms with Crippen molar-refractivity contribution in [2.24, 2.45) is 0 Å². The van der Waals surface area contributed by atoms with E-state index in [-0.39, 0.29) is 11.3 Å². The molecule has 96 valence electrons. The van der Waals surface area contributed by atoms with Crippen LogP contribution in [0.3, 0.4) is 0 Å². The average Bonchev–Trinajstić information content (AvgIpc) is 2.74. The van der Waals surface area contributed by atoms with E-state index in [1.54, 1.807) is 0 Å². The van der Waals surface area contributed by atoms with Gasteiger partial charge in [0.05, 0.1) is 5.37 Å². The summed E-state index contributed by atoms with van der Waals surface area (Å²) in [5.41, 5.74) is 1.12. The Morgan fingerprint density at radius 3 is 2.61 bits per heavy atom. The van der Waals surface area contributed by atoms with Crippen molar-refractivity contribution in [1.29, 1.82) is 0 Å². The smallest absolute Gasteiger partial charge is 0.327 e. The van der Waals surface area contributed by atoms with E-state index >= 15 is 0 Å². The maximum absolute atomic E-state index is 11.6. The van der Waals surface area contributed by atoms with Crippen molar-refractivity contribution >= 4 is 23.6 Å². The highest BCUT2D eigenvalue weighted by Gasteiger charge is 2.39. The Bertz CT molecular complexity index is 449. The molecule has 1 N–H and O–H groups in total. The number of benzene rings is 1. The summed E-state index contributed by atoms with van der Waals surface area (Å²) in [6.07, 6.45) is 0.689. The normalized spacial score (nSPS) is 23.1. The first kappa shape index (κ1) is 13.0. The molecule has 2 rings (SSSR count).